The van der Waals surface area contributed by atoms with E-state index >= 15 is 0 Å². The lowest BCUT2D eigenvalue weighted by Crippen LogP contribution is -2.18. The highest BCUT2D eigenvalue weighted by atomic mass is 32.1. The summed E-state index contributed by atoms with van der Waals surface area (Å²) in [5.41, 5.74) is 6.28. The van der Waals surface area contributed by atoms with E-state index in [0.717, 1.165) is 51.0 Å². The Balaban J connectivity index is 1.19. The fraction of sp³-hybridized carbons (Fsp3) is 0.241. The first-order valence-corrected chi connectivity index (χ1v) is 14.1. The SMILES string of the molecule is O=C(CC1CCCCC1)Nc1cncc(-c2cc3c(-c4nc5nccc(-c6cccs6)c5[nH]4)n[nH]c3cn2)c1. The Morgan fingerprint density at radius 1 is 1.08 bits per heavy atom. The van der Waals surface area contributed by atoms with Gasteiger partial charge in [-0.15, -0.1) is 11.3 Å². The highest BCUT2D eigenvalue weighted by Gasteiger charge is 2.19. The number of rotatable bonds is 6. The van der Waals surface area contributed by atoms with Gasteiger partial charge in [0.2, 0.25) is 5.91 Å². The smallest absolute Gasteiger partial charge is 0.224 e. The number of carbonyl (C=O) groups excluding carboxylic acids is 1. The molecule has 0 bridgehead atoms. The van der Waals surface area contributed by atoms with Crippen molar-refractivity contribution in [3.63, 3.8) is 0 Å². The first-order valence-electron chi connectivity index (χ1n) is 13.2. The number of nitrogens with zero attached hydrogens (tertiary/aromatic N) is 5. The van der Waals surface area contributed by atoms with Gasteiger partial charge in [0, 0.05) is 40.2 Å². The van der Waals surface area contributed by atoms with Crippen molar-refractivity contribution in [2.24, 2.45) is 5.92 Å². The number of amides is 1. The van der Waals surface area contributed by atoms with Crippen molar-refractivity contribution >= 4 is 45.0 Å². The Morgan fingerprint density at radius 3 is 2.87 bits per heavy atom. The summed E-state index contributed by atoms with van der Waals surface area (Å²) in [7, 11) is 0. The van der Waals surface area contributed by atoms with Crippen LogP contribution >= 0.6 is 11.3 Å². The lowest BCUT2D eigenvalue weighted by Gasteiger charge is -2.20. The second-order valence-electron chi connectivity index (χ2n) is 10.0. The molecular weight excluding hydrogens is 508 g/mol. The number of imidazole rings is 1. The second kappa shape index (κ2) is 10.0. The molecule has 9 nitrogen and oxygen atoms in total. The van der Waals surface area contributed by atoms with E-state index < -0.39 is 0 Å². The molecule has 1 aliphatic rings. The van der Waals surface area contributed by atoms with Crippen molar-refractivity contribution in [3.8, 4) is 33.2 Å². The summed E-state index contributed by atoms with van der Waals surface area (Å²) in [6.07, 6.45) is 13.5. The van der Waals surface area contributed by atoms with E-state index in [4.69, 9.17) is 4.98 Å². The number of fused-ring (bicyclic) bond motifs is 2. The van der Waals surface area contributed by atoms with Crippen LogP contribution in [0.15, 0.2) is 60.5 Å². The van der Waals surface area contributed by atoms with E-state index in [1.54, 1.807) is 36.1 Å². The average Bonchev–Trinajstić information content (AvgIpc) is 3.73. The van der Waals surface area contributed by atoms with Crippen molar-refractivity contribution in [2.75, 3.05) is 5.32 Å². The Hall–Kier alpha value is -4.44. The molecule has 0 saturated heterocycles. The van der Waals surface area contributed by atoms with E-state index in [2.05, 4.69) is 46.9 Å². The number of aromatic nitrogens is 7. The lowest BCUT2D eigenvalue weighted by molar-refractivity contribution is -0.117. The summed E-state index contributed by atoms with van der Waals surface area (Å²) in [6.45, 7) is 0. The number of hydrogen-bond donors (Lipinski definition) is 3. The van der Waals surface area contributed by atoms with Crippen molar-refractivity contribution in [1.29, 1.82) is 0 Å². The van der Waals surface area contributed by atoms with Crippen molar-refractivity contribution in [2.45, 2.75) is 38.5 Å². The molecule has 0 radical (unpaired) electrons. The maximum Gasteiger partial charge on any atom is 0.224 e. The molecule has 0 aliphatic heterocycles. The molecule has 39 heavy (non-hydrogen) atoms. The molecule has 1 amide bonds. The van der Waals surface area contributed by atoms with Gasteiger partial charge in [0.25, 0.3) is 0 Å². The molecule has 0 unspecified atom stereocenters. The molecule has 6 aromatic heterocycles. The monoisotopic (exact) mass is 534 g/mol. The van der Waals surface area contributed by atoms with Crippen LogP contribution in [-0.4, -0.2) is 41.0 Å². The van der Waals surface area contributed by atoms with Crippen LogP contribution in [-0.2, 0) is 4.79 Å². The highest BCUT2D eigenvalue weighted by Crippen LogP contribution is 2.33. The van der Waals surface area contributed by atoms with Crippen molar-refractivity contribution in [3.05, 3.63) is 60.5 Å². The predicted molar refractivity (Wildman–Crippen MR) is 153 cm³/mol. The van der Waals surface area contributed by atoms with E-state index in [1.165, 1.54) is 19.3 Å². The number of anilines is 1. The number of pyridine rings is 3. The molecule has 0 spiro atoms. The van der Waals surface area contributed by atoms with E-state index in [1.807, 2.05) is 24.3 Å². The third-order valence-electron chi connectivity index (χ3n) is 7.37. The fourth-order valence-electron chi connectivity index (χ4n) is 5.43. The van der Waals surface area contributed by atoms with Crippen LogP contribution in [0.4, 0.5) is 5.69 Å². The number of nitrogens with one attached hydrogen (secondary N) is 3. The van der Waals surface area contributed by atoms with Crippen LogP contribution in [0.3, 0.4) is 0 Å². The molecule has 1 fully saturated rings. The van der Waals surface area contributed by atoms with Gasteiger partial charge in [-0.3, -0.25) is 19.9 Å². The van der Waals surface area contributed by atoms with Gasteiger partial charge in [-0.2, -0.15) is 5.10 Å². The zero-order chi connectivity index (χ0) is 26.2. The van der Waals surface area contributed by atoms with Crippen LogP contribution in [0.5, 0.6) is 0 Å². The normalized spacial score (nSPS) is 14.3. The maximum absolute atomic E-state index is 12.7. The van der Waals surface area contributed by atoms with Crippen LogP contribution in [0, 0.1) is 5.92 Å². The Labute approximate surface area is 228 Å². The second-order valence-corrected chi connectivity index (χ2v) is 11.0. The highest BCUT2D eigenvalue weighted by molar-refractivity contribution is 7.13. The van der Waals surface area contributed by atoms with Crippen molar-refractivity contribution < 1.29 is 4.79 Å². The quantitative estimate of drug-likeness (QED) is 0.221. The zero-order valence-corrected chi connectivity index (χ0v) is 22.0. The minimum Gasteiger partial charge on any atom is -0.335 e. The Morgan fingerprint density at radius 2 is 2.00 bits per heavy atom. The summed E-state index contributed by atoms with van der Waals surface area (Å²) in [5, 5.41) is 13.6. The van der Waals surface area contributed by atoms with Gasteiger partial charge < -0.3 is 10.3 Å². The average molecular weight is 535 g/mol. The Bertz CT molecular complexity index is 1780. The zero-order valence-electron chi connectivity index (χ0n) is 21.1. The van der Waals surface area contributed by atoms with Gasteiger partial charge in [0.15, 0.2) is 11.5 Å². The standard InChI is InChI=1S/C29H26N8OS/c38-25(11-17-5-2-1-3-6-17)33-19-12-18(14-30-15-19)22-13-21-23(16-32-22)36-37-27(21)29-34-26-20(24-7-4-10-39-24)8-9-31-28(26)35-29/h4,7-10,12-17H,1-3,5-6,11H2,(H,33,38)(H,36,37)(H,31,34,35). The van der Waals surface area contributed by atoms with Gasteiger partial charge in [0.05, 0.1) is 34.8 Å². The number of H-pyrrole nitrogens is 2. The summed E-state index contributed by atoms with van der Waals surface area (Å²) in [6, 6.07) is 10.0. The van der Waals surface area contributed by atoms with Crippen LogP contribution in [0.2, 0.25) is 0 Å². The molecule has 6 heterocycles. The Kier molecular flexibility index (Phi) is 6.08. The predicted octanol–water partition coefficient (Wildman–Crippen LogP) is 6.60. The minimum absolute atomic E-state index is 0.0433. The van der Waals surface area contributed by atoms with Gasteiger partial charge in [-0.25, -0.2) is 9.97 Å². The number of carbonyl (C=O) groups is 1. The van der Waals surface area contributed by atoms with E-state index in [-0.39, 0.29) is 5.91 Å². The topological polar surface area (TPSA) is 125 Å². The van der Waals surface area contributed by atoms with Crippen LogP contribution in [0.1, 0.15) is 38.5 Å². The number of thiophene rings is 1. The first-order chi connectivity index (χ1) is 19.2. The molecular formula is C29H26N8OS. The molecule has 6 aromatic rings. The molecule has 1 saturated carbocycles. The van der Waals surface area contributed by atoms with E-state index in [0.29, 0.717) is 35.2 Å². The van der Waals surface area contributed by atoms with Gasteiger partial charge in [-0.1, -0.05) is 25.3 Å². The summed E-state index contributed by atoms with van der Waals surface area (Å²) >= 11 is 1.68. The van der Waals surface area contributed by atoms with Gasteiger partial charge >= 0.3 is 0 Å². The third kappa shape index (κ3) is 4.67. The molecule has 7 rings (SSSR count). The summed E-state index contributed by atoms with van der Waals surface area (Å²) in [5.74, 6) is 1.15. The minimum atomic E-state index is 0.0433. The van der Waals surface area contributed by atoms with E-state index in [9.17, 15) is 4.79 Å². The van der Waals surface area contributed by atoms with Gasteiger partial charge in [0.1, 0.15) is 5.69 Å². The van der Waals surface area contributed by atoms with Gasteiger partial charge in [-0.05, 0) is 48.4 Å². The first kappa shape index (κ1) is 23.7. The number of aromatic amines is 2. The van der Waals surface area contributed by atoms with Crippen LogP contribution < -0.4 is 5.32 Å². The summed E-state index contributed by atoms with van der Waals surface area (Å²) in [4.78, 5) is 35.5. The maximum atomic E-state index is 12.7. The molecule has 194 valence electrons. The fourth-order valence-corrected chi connectivity index (χ4v) is 6.19. The third-order valence-corrected chi connectivity index (χ3v) is 8.27. The number of hydrogen-bond acceptors (Lipinski definition) is 7. The molecule has 0 aromatic carbocycles. The summed E-state index contributed by atoms with van der Waals surface area (Å²) < 4.78 is 0. The van der Waals surface area contributed by atoms with Crippen LogP contribution in [0.25, 0.3) is 55.3 Å². The molecule has 3 N–H and O–H groups in total. The lowest BCUT2D eigenvalue weighted by atomic mass is 9.87. The van der Waals surface area contributed by atoms with Crippen molar-refractivity contribution in [1.82, 2.24) is 35.1 Å². The molecule has 10 heteroatoms. The molecule has 1 aliphatic carbocycles. The largest absolute Gasteiger partial charge is 0.335 e. The molecule has 0 atom stereocenters.